The van der Waals surface area contributed by atoms with E-state index < -0.39 is 30.7 Å². The second-order valence-corrected chi connectivity index (χ2v) is 3.53. The molecule has 1 heterocycles. The van der Waals surface area contributed by atoms with Gasteiger partial charge in [-0.25, -0.2) is 0 Å². The molecule has 7 heteroatoms. The molecule has 0 aromatic carbocycles. The third kappa shape index (κ3) is 3.11. The van der Waals surface area contributed by atoms with Gasteiger partial charge in [0.2, 0.25) is 0 Å². The SMILES string of the molecule is COCOC[C@H]1O[C@@H](OC)[C@H](O)[C@@H](O)[C@@H]1O. The Morgan fingerprint density at radius 2 is 1.75 bits per heavy atom. The summed E-state index contributed by atoms with van der Waals surface area (Å²) in [5.41, 5.74) is 0. The van der Waals surface area contributed by atoms with E-state index in [-0.39, 0.29) is 13.4 Å². The van der Waals surface area contributed by atoms with Crippen molar-refractivity contribution in [3.8, 4) is 0 Å². The van der Waals surface area contributed by atoms with E-state index in [4.69, 9.17) is 14.2 Å². The summed E-state index contributed by atoms with van der Waals surface area (Å²) < 4.78 is 19.7. The Balaban J connectivity index is 2.50. The lowest BCUT2D eigenvalue weighted by atomic mass is 9.99. The van der Waals surface area contributed by atoms with Crippen LogP contribution in [-0.4, -0.2) is 73.6 Å². The third-order valence-corrected chi connectivity index (χ3v) is 2.38. The molecule has 1 aliphatic rings. The number of aliphatic hydroxyl groups excluding tert-OH is 3. The van der Waals surface area contributed by atoms with Gasteiger partial charge in [-0.2, -0.15) is 0 Å². The topological polar surface area (TPSA) is 97.6 Å². The highest BCUT2D eigenvalue weighted by molar-refractivity contribution is 4.88. The first-order valence-electron chi connectivity index (χ1n) is 4.91. The molecule has 0 aliphatic carbocycles. The van der Waals surface area contributed by atoms with E-state index in [1.807, 2.05) is 0 Å². The van der Waals surface area contributed by atoms with E-state index in [1.165, 1.54) is 14.2 Å². The fourth-order valence-corrected chi connectivity index (χ4v) is 1.50. The Kier molecular flexibility index (Phi) is 5.56. The number of rotatable bonds is 5. The molecule has 1 saturated heterocycles. The van der Waals surface area contributed by atoms with E-state index in [0.717, 1.165) is 0 Å². The predicted molar refractivity (Wildman–Crippen MR) is 51.5 cm³/mol. The minimum Gasteiger partial charge on any atom is -0.387 e. The van der Waals surface area contributed by atoms with Crippen LogP contribution in [0.15, 0.2) is 0 Å². The first-order valence-corrected chi connectivity index (χ1v) is 4.91. The third-order valence-electron chi connectivity index (χ3n) is 2.38. The van der Waals surface area contributed by atoms with E-state index in [0.29, 0.717) is 0 Å². The van der Waals surface area contributed by atoms with E-state index in [2.05, 4.69) is 4.74 Å². The van der Waals surface area contributed by atoms with Crippen molar-refractivity contribution in [3.05, 3.63) is 0 Å². The molecule has 0 unspecified atom stereocenters. The minimum atomic E-state index is -1.32. The Morgan fingerprint density at radius 3 is 2.31 bits per heavy atom. The second kappa shape index (κ2) is 6.45. The van der Waals surface area contributed by atoms with Crippen LogP contribution in [0.2, 0.25) is 0 Å². The van der Waals surface area contributed by atoms with Gasteiger partial charge in [0, 0.05) is 14.2 Å². The largest absolute Gasteiger partial charge is 0.387 e. The van der Waals surface area contributed by atoms with Gasteiger partial charge in [0.05, 0.1) is 6.61 Å². The predicted octanol–water partition coefficient (Wildman–Crippen LogP) is -1.94. The quantitative estimate of drug-likeness (QED) is 0.378. The van der Waals surface area contributed by atoms with Crippen LogP contribution in [0.1, 0.15) is 0 Å². The van der Waals surface area contributed by atoms with Gasteiger partial charge in [0.15, 0.2) is 6.29 Å². The Morgan fingerprint density at radius 1 is 1.06 bits per heavy atom. The van der Waals surface area contributed by atoms with Gasteiger partial charge < -0.3 is 34.3 Å². The number of aliphatic hydroxyl groups is 3. The van der Waals surface area contributed by atoms with Crippen LogP contribution in [0.3, 0.4) is 0 Å². The standard InChI is InChI=1S/C9H18O7/c1-13-4-15-3-5-6(10)7(11)8(12)9(14-2)16-5/h5-12H,3-4H2,1-2H3/t5-,6-,7+,8-,9-/m1/s1. The number of hydrogen-bond donors (Lipinski definition) is 3. The Bertz CT molecular complexity index is 198. The molecule has 0 aromatic rings. The van der Waals surface area contributed by atoms with Crippen LogP contribution < -0.4 is 0 Å². The van der Waals surface area contributed by atoms with Crippen LogP contribution in [0.5, 0.6) is 0 Å². The van der Waals surface area contributed by atoms with Crippen molar-refractivity contribution >= 4 is 0 Å². The number of methoxy groups -OCH3 is 2. The monoisotopic (exact) mass is 238 g/mol. The molecule has 96 valence electrons. The van der Waals surface area contributed by atoms with Crippen molar-refractivity contribution in [1.82, 2.24) is 0 Å². The van der Waals surface area contributed by atoms with Crippen LogP contribution in [-0.2, 0) is 18.9 Å². The fraction of sp³-hybridized carbons (Fsp3) is 1.00. The van der Waals surface area contributed by atoms with Gasteiger partial charge in [-0.3, -0.25) is 0 Å². The molecule has 1 aliphatic heterocycles. The zero-order valence-corrected chi connectivity index (χ0v) is 9.28. The lowest BCUT2D eigenvalue weighted by molar-refractivity contribution is -0.298. The summed E-state index contributed by atoms with van der Waals surface area (Å²) in [4.78, 5) is 0. The zero-order valence-electron chi connectivity index (χ0n) is 9.28. The molecule has 1 rings (SSSR count). The normalized spacial score (nSPS) is 39.9. The number of hydrogen-bond acceptors (Lipinski definition) is 7. The summed E-state index contributed by atoms with van der Waals surface area (Å²) in [5.74, 6) is 0. The van der Waals surface area contributed by atoms with Crippen molar-refractivity contribution in [2.45, 2.75) is 30.7 Å². The first-order chi connectivity index (χ1) is 7.61. The van der Waals surface area contributed by atoms with Gasteiger partial charge in [-0.05, 0) is 0 Å². The summed E-state index contributed by atoms with van der Waals surface area (Å²) in [5, 5.41) is 28.6. The summed E-state index contributed by atoms with van der Waals surface area (Å²) in [7, 11) is 2.81. The zero-order chi connectivity index (χ0) is 12.1. The molecule has 0 aromatic heterocycles. The van der Waals surface area contributed by atoms with Crippen LogP contribution in [0, 0.1) is 0 Å². The molecule has 0 spiro atoms. The van der Waals surface area contributed by atoms with Crippen molar-refractivity contribution in [1.29, 1.82) is 0 Å². The molecule has 0 saturated carbocycles. The average molecular weight is 238 g/mol. The highest BCUT2D eigenvalue weighted by atomic mass is 16.7. The molecule has 16 heavy (non-hydrogen) atoms. The van der Waals surface area contributed by atoms with Gasteiger partial charge in [0.25, 0.3) is 0 Å². The smallest absolute Gasteiger partial charge is 0.186 e. The maximum Gasteiger partial charge on any atom is 0.186 e. The van der Waals surface area contributed by atoms with Crippen LogP contribution in [0.4, 0.5) is 0 Å². The summed E-state index contributed by atoms with van der Waals surface area (Å²) in [6.45, 7) is 0.0987. The summed E-state index contributed by atoms with van der Waals surface area (Å²) in [6, 6.07) is 0. The van der Waals surface area contributed by atoms with Crippen molar-refractivity contribution in [2.75, 3.05) is 27.6 Å². The lowest BCUT2D eigenvalue weighted by Gasteiger charge is -2.39. The molecule has 0 radical (unpaired) electrons. The molecule has 0 amide bonds. The summed E-state index contributed by atoms with van der Waals surface area (Å²) in [6.07, 6.45) is -5.57. The van der Waals surface area contributed by atoms with Crippen molar-refractivity contribution in [3.63, 3.8) is 0 Å². The molecule has 1 fully saturated rings. The van der Waals surface area contributed by atoms with Crippen molar-refractivity contribution in [2.24, 2.45) is 0 Å². The van der Waals surface area contributed by atoms with Gasteiger partial charge in [-0.15, -0.1) is 0 Å². The molecule has 7 nitrogen and oxygen atoms in total. The van der Waals surface area contributed by atoms with E-state index >= 15 is 0 Å². The fourth-order valence-electron chi connectivity index (χ4n) is 1.50. The highest BCUT2D eigenvalue weighted by Crippen LogP contribution is 2.21. The van der Waals surface area contributed by atoms with Crippen LogP contribution >= 0.6 is 0 Å². The summed E-state index contributed by atoms with van der Waals surface area (Å²) >= 11 is 0. The minimum absolute atomic E-state index is 0.0403. The number of ether oxygens (including phenoxy) is 4. The molecule has 3 N–H and O–H groups in total. The maximum absolute atomic E-state index is 9.61. The van der Waals surface area contributed by atoms with E-state index in [9.17, 15) is 15.3 Å². The van der Waals surface area contributed by atoms with Gasteiger partial charge in [-0.1, -0.05) is 0 Å². The van der Waals surface area contributed by atoms with Gasteiger partial charge >= 0.3 is 0 Å². The average Bonchev–Trinajstić information content (AvgIpc) is 2.29. The Hall–Kier alpha value is -0.280. The molecular weight excluding hydrogens is 220 g/mol. The Labute approximate surface area is 93.5 Å². The highest BCUT2D eigenvalue weighted by Gasteiger charge is 2.43. The first kappa shape index (κ1) is 13.8. The van der Waals surface area contributed by atoms with Crippen LogP contribution in [0.25, 0.3) is 0 Å². The lowest BCUT2D eigenvalue weighted by Crippen LogP contribution is -2.59. The second-order valence-electron chi connectivity index (χ2n) is 3.53. The molecule has 0 bridgehead atoms. The van der Waals surface area contributed by atoms with E-state index in [1.54, 1.807) is 0 Å². The van der Waals surface area contributed by atoms with Crippen molar-refractivity contribution < 1.29 is 34.3 Å². The molecular formula is C9H18O7. The maximum atomic E-state index is 9.61. The molecule has 5 atom stereocenters. The van der Waals surface area contributed by atoms with Gasteiger partial charge in [0.1, 0.15) is 31.2 Å².